The van der Waals surface area contributed by atoms with E-state index in [1.54, 1.807) is 0 Å². The molecule has 0 aliphatic rings. The number of unbranched alkanes of at least 4 members (excludes halogenated alkanes) is 5. The molecule has 0 bridgehead atoms. The summed E-state index contributed by atoms with van der Waals surface area (Å²) < 4.78 is 5.54. The van der Waals surface area contributed by atoms with Gasteiger partial charge in [0.1, 0.15) is 6.61 Å². The minimum Gasteiger partial charge on any atom is -0.445 e. The van der Waals surface area contributed by atoms with Crippen LogP contribution in [0.4, 0.5) is 4.79 Å². The Kier molecular flexibility index (Phi) is 7.09. The topological polar surface area (TPSA) is 38.3 Å². The normalized spacial score (nSPS) is 11.0. The minimum atomic E-state index is -0.333. The molecule has 0 aliphatic carbocycles. The Balaban J connectivity index is 1.58. The van der Waals surface area contributed by atoms with Gasteiger partial charge < -0.3 is 10.1 Å². The molecule has 3 aromatic carbocycles. The van der Waals surface area contributed by atoms with E-state index < -0.39 is 0 Å². The Bertz CT molecular complexity index is 834. The number of rotatable bonds is 9. The van der Waals surface area contributed by atoms with Crippen molar-refractivity contribution >= 4 is 27.6 Å². The third kappa shape index (κ3) is 5.22. The molecule has 142 valence electrons. The maximum absolute atomic E-state index is 12.1. The lowest BCUT2D eigenvalue weighted by Gasteiger charge is -2.12. The van der Waals surface area contributed by atoms with Crippen LogP contribution in [0.3, 0.4) is 0 Å². The highest BCUT2D eigenvalue weighted by Gasteiger charge is 2.10. The van der Waals surface area contributed by atoms with Crippen LogP contribution >= 0.6 is 0 Å². The van der Waals surface area contributed by atoms with Gasteiger partial charge >= 0.3 is 6.09 Å². The zero-order valence-electron chi connectivity index (χ0n) is 16.2. The fraction of sp³-hybridized carbons (Fsp3) is 0.375. The molecule has 3 rings (SSSR count). The molecule has 0 saturated carbocycles. The first-order valence-corrected chi connectivity index (χ1v) is 10.1. The first-order chi connectivity index (χ1) is 13.3. The minimum absolute atomic E-state index is 0.282. The number of carbonyl (C=O) groups is 1. The molecule has 0 unspecified atom stereocenters. The van der Waals surface area contributed by atoms with Crippen molar-refractivity contribution in [3.8, 4) is 0 Å². The molecule has 3 heteroatoms. The number of benzene rings is 3. The number of hydrogen-bond acceptors (Lipinski definition) is 2. The number of ether oxygens (including phenoxy) is 1. The Morgan fingerprint density at radius 2 is 1.44 bits per heavy atom. The number of fused-ring (bicyclic) bond motifs is 2. The Morgan fingerprint density at radius 3 is 2.11 bits per heavy atom. The van der Waals surface area contributed by atoms with Crippen LogP contribution in [0.25, 0.3) is 21.5 Å². The first kappa shape index (κ1) is 19.2. The molecule has 0 spiro atoms. The summed E-state index contributed by atoms with van der Waals surface area (Å²) in [6, 6.07) is 18.7. The quantitative estimate of drug-likeness (QED) is 0.344. The summed E-state index contributed by atoms with van der Waals surface area (Å²) in [5.41, 5.74) is 1.07. The van der Waals surface area contributed by atoms with Gasteiger partial charge in [-0.15, -0.1) is 0 Å². The third-order valence-electron chi connectivity index (χ3n) is 5.03. The molecular weight excluding hydrogens is 334 g/mol. The largest absolute Gasteiger partial charge is 0.445 e. The van der Waals surface area contributed by atoms with Crippen LogP contribution in [0, 0.1) is 0 Å². The van der Waals surface area contributed by atoms with Crippen LogP contribution in [0.2, 0.25) is 0 Å². The molecule has 0 aromatic heterocycles. The Labute approximate surface area is 161 Å². The molecule has 0 aliphatic heterocycles. The summed E-state index contributed by atoms with van der Waals surface area (Å²) in [5, 5.41) is 7.49. The molecule has 3 nitrogen and oxygen atoms in total. The van der Waals surface area contributed by atoms with Crippen LogP contribution in [0.5, 0.6) is 0 Å². The average Bonchev–Trinajstić information content (AvgIpc) is 2.70. The molecule has 1 N–H and O–H groups in total. The Hall–Kier alpha value is -2.55. The van der Waals surface area contributed by atoms with E-state index in [2.05, 4.69) is 42.6 Å². The summed E-state index contributed by atoms with van der Waals surface area (Å²) in [6.07, 6.45) is 6.92. The van der Waals surface area contributed by atoms with Crippen molar-refractivity contribution in [2.75, 3.05) is 6.54 Å². The highest BCUT2D eigenvalue weighted by molar-refractivity contribution is 6.02. The molecule has 0 saturated heterocycles. The highest BCUT2D eigenvalue weighted by atomic mass is 16.5. The summed E-state index contributed by atoms with van der Waals surface area (Å²) in [7, 11) is 0. The number of nitrogens with one attached hydrogen (secondary N) is 1. The van der Waals surface area contributed by atoms with Gasteiger partial charge in [-0.05, 0) is 34.0 Å². The number of amides is 1. The lowest BCUT2D eigenvalue weighted by atomic mass is 9.97. The van der Waals surface area contributed by atoms with E-state index in [1.807, 2.05) is 24.3 Å². The van der Waals surface area contributed by atoms with E-state index in [9.17, 15) is 4.79 Å². The van der Waals surface area contributed by atoms with E-state index in [0.717, 1.165) is 29.2 Å². The smallest absolute Gasteiger partial charge is 0.407 e. The molecule has 0 radical (unpaired) electrons. The lowest BCUT2D eigenvalue weighted by Crippen LogP contribution is -2.25. The standard InChI is InChI=1S/C24H29NO2/c1-2-3-4-5-6-11-16-25-24(26)27-18-23-21-14-9-7-12-19(21)17-20-13-8-10-15-22(20)23/h7-10,12-15,17H,2-6,11,16,18H2,1H3,(H,25,26). The maximum atomic E-state index is 12.1. The van der Waals surface area contributed by atoms with Gasteiger partial charge in [-0.1, -0.05) is 87.6 Å². The monoisotopic (exact) mass is 363 g/mol. The molecule has 3 aromatic rings. The van der Waals surface area contributed by atoms with Gasteiger partial charge in [-0.3, -0.25) is 0 Å². The molecule has 27 heavy (non-hydrogen) atoms. The fourth-order valence-corrected chi connectivity index (χ4v) is 3.55. The molecule has 0 atom stereocenters. The van der Waals surface area contributed by atoms with Crippen LogP contribution < -0.4 is 5.32 Å². The van der Waals surface area contributed by atoms with Gasteiger partial charge in [0.15, 0.2) is 0 Å². The van der Waals surface area contributed by atoms with E-state index in [-0.39, 0.29) is 12.7 Å². The number of carbonyl (C=O) groups excluding carboxylic acids is 1. The van der Waals surface area contributed by atoms with Crippen molar-refractivity contribution in [1.29, 1.82) is 0 Å². The van der Waals surface area contributed by atoms with Gasteiger partial charge in [-0.2, -0.15) is 0 Å². The first-order valence-electron chi connectivity index (χ1n) is 10.1. The third-order valence-corrected chi connectivity index (χ3v) is 5.03. The summed E-state index contributed by atoms with van der Waals surface area (Å²) in [4.78, 5) is 12.1. The van der Waals surface area contributed by atoms with Gasteiger partial charge in [0.25, 0.3) is 0 Å². The SMILES string of the molecule is CCCCCCCCNC(=O)OCc1c2ccccc2cc2ccccc12. The molecule has 0 heterocycles. The van der Waals surface area contributed by atoms with Crippen LogP contribution in [0.15, 0.2) is 54.6 Å². The van der Waals surface area contributed by atoms with Crippen molar-refractivity contribution in [3.63, 3.8) is 0 Å². The lowest BCUT2D eigenvalue weighted by molar-refractivity contribution is 0.140. The predicted molar refractivity (Wildman–Crippen MR) is 113 cm³/mol. The van der Waals surface area contributed by atoms with Gasteiger partial charge in [0.2, 0.25) is 0 Å². The number of hydrogen-bond donors (Lipinski definition) is 1. The zero-order valence-corrected chi connectivity index (χ0v) is 16.2. The van der Waals surface area contributed by atoms with E-state index in [4.69, 9.17) is 4.74 Å². The predicted octanol–water partition coefficient (Wildman–Crippen LogP) is 6.58. The van der Waals surface area contributed by atoms with Crippen molar-refractivity contribution in [1.82, 2.24) is 5.32 Å². The summed E-state index contributed by atoms with van der Waals surface area (Å²) in [5.74, 6) is 0. The van der Waals surface area contributed by atoms with Gasteiger partial charge in [0.05, 0.1) is 0 Å². The molecular formula is C24H29NO2. The highest BCUT2D eigenvalue weighted by Crippen LogP contribution is 2.29. The summed E-state index contributed by atoms with van der Waals surface area (Å²) in [6.45, 7) is 3.18. The molecule has 1 amide bonds. The van der Waals surface area contributed by atoms with E-state index in [1.165, 1.54) is 36.5 Å². The average molecular weight is 364 g/mol. The van der Waals surface area contributed by atoms with Gasteiger partial charge in [-0.25, -0.2) is 4.79 Å². The van der Waals surface area contributed by atoms with Crippen LogP contribution in [0.1, 0.15) is 51.0 Å². The second kappa shape index (κ2) is 9.96. The second-order valence-corrected chi connectivity index (χ2v) is 7.07. The van der Waals surface area contributed by atoms with Crippen LogP contribution in [-0.4, -0.2) is 12.6 Å². The second-order valence-electron chi connectivity index (χ2n) is 7.07. The van der Waals surface area contributed by atoms with Crippen molar-refractivity contribution in [3.05, 3.63) is 60.2 Å². The van der Waals surface area contributed by atoms with Crippen molar-refractivity contribution in [2.24, 2.45) is 0 Å². The molecule has 0 fully saturated rings. The maximum Gasteiger partial charge on any atom is 0.407 e. The Morgan fingerprint density at radius 1 is 0.852 bits per heavy atom. The zero-order chi connectivity index (χ0) is 18.9. The van der Waals surface area contributed by atoms with Gasteiger partial charge in [0, 0.05) is 12.1 Å². The van der Waals surface area contributed by atoms with Crippen molar-refractivity contribution < 1.29 is 9.53 Å². The van der Waals surface area contributed by atoms with E-state index >= 15 is 0 Å². The van der Waals surface area contributed by atoms with Crippen LogP contribution in [-0.2, 0) is 11.3 Å². The fourth-order valence-electron chi connectivity index (χ4n) is 3.55. The van der Waals surface area contributed by atoms with Crippen molar-refractivity contribution in [2.45, 2.75) is 52.1 Å². The summed E-state index contributed by atoms with van der Waals surface area (Å²) >= 11 is 0. The number of alkyl carbamates (subject to hydrolysis) is 1. The van der Waals surface area contributed by atoms with E-state index in [0.29, 0.717) is 6.54 Å².